The van der Waals surface area contributed by atoms with Crippen LogP contribution in [0.15, 0.2) is 12.3 Å². The molecule has 0 bridgehead atoms. The number of carbonyl (C=O) groups excluding carboxylic acids is 1. The van der Waals surface area contributed by atoms with Crippen molar-refractivity contribution in [3.05, 3.63) is 28.3 Å². The average molecular weight is 268 g/mol. The second kappa shape index (κ2) is 4.79. The molecule has 7 heteroatoms. The van der Waals surface area contributed by atoms with Crippen molar-refractivity contribution in [3.8, 4) is 0 Å². The Morgan fingerprint density at radius 2 is 2.11 bits per heavy atom. The molecule has 0 atom stereocenters. The molecule has 0 aliphatic carbocycles. The van der Waals surface area contributed by atoms with E-state index in [0.29, 0.717) is 19.5 Å². The molecule has 0 saturated carbocycles. The van der Waals surface area contributed by atoms with E-state index in [4.69, 9.17) is 5.11 Å². The second-order valence-corrected chi connectivity index (χ2v) is 4.95. The lowest BCUT2D eigenvalue weighted by atomic mass is 10.0. The molecule has 2 heterocycles. The Bertz CT molecular complexity index is 535. The van der Waals surface area contributed by atoms with Gasteiger partial charge in [0.15, 0.2) is 5.76 Å². The summed E-state index contributed by atoms with van der Waals surface area (Å²) >= 11 is 1.21. The number of fused-ring (bicyclic) bond motifs is 1. The monoisotopic (exact) mass is 268 g/mol. The summed E-state index contributed by atoms with van der Waals surface area (Å²) in [5.74, 6) is -2.51. The van der Waals surface area contributed by atoms with Crippen LogP contribution >= 0.6 is 11.3 Å². The number of aliphatic hydroxyl groups excluding tert-OH is 1. The Morgan fingerprint density at radius 1 is 1.39 bits per heavy atom. The first kappa shape index (κ1) is 12.6. The molecule has 1 aromatic heterocycles. The second-order valence-electron chi connectivity index (χ2n) is 3.84. The van der Waals surface area contributed by atoms with Crippen LogP contribution in [-0.4, -0.2) is 28.6 Å². The topological polar surface area (TPSA) is 98.7 Å². The molecular weight excluding hydrogens is 256 g/mol. The first-order valence-electron chi connectivity index (χ1n) is 5.28. The first-order valence-corrected chi connectivity index (χ1v) is 6.10. The Morgan fingerprint density at radius 3 is 2.72 bits per heavy atom. The molecule has 0 saturated heterocycles. The Labute approximate surface area is 107 Å². The van der Waals surface area contributed by atoms with Crippen LogP contribution in [0.3, 0.4) is 0 Å². The van der Waals surface area contributed by atoms with E-state index in [0.717, 1.165) is 10.4 Å². The number of hydrogen-bond acceptors (Lipinski definition) is 5. The highest BCUT2D eigenvalue weighted by Crippen LogP contribution is 2.35. The molecule has 6 nitrogen and oxygen atoms in total. The molecule has 96 valence electrons. The van der Waals surface area contributed by atoms with E-state index in [1.165, 1.54) is 11.3 Å². The van der Waals surface area contributed by atoms with Crippen molar-refractivity contribution in [3.63, 3.8) is 0 Å². The first-order chi connectivity index (χ1) is 8.50. The van der Waals surface area contributed by atoms with E-state index < -0.39 is 17.6 Å². The molecule has 0 aromatic carbocycles. The van der Waals surface area contributed by atoms with Crippen LogP contribution in [0.5, 0.6) is 0 Å². The lowest BCUT2D eigenvalue weighted by Crippen LogP contribution is -2.23. The fraction of sp³-hybridized carbons (Fsp3) is 0.273. The fourth-order valence-corrected chi connectivity index (χ4v) is 3.03. The summed E-state index contributed by atoms with van der Waals surface area (Å²) in [5.41, 5.74) is 0.871. The van der Waals surface area contributed by atoms with Gasteiger partial charge in [0.1, 0.15) is 5.00 Å². The molecule has 1 aliphatic rings. The zero-order valence-corrected chi connectivity index (χ0v) is 10.3. The average Bonchev–Trinajstić information content (AvgIpc) is 2.66. The summed E-state index contributed by atoms with van der Waals surface area (Å²) in [6.45, 7) is 4.40. The highest BCUT2D eigenvalue weighted by atomic mass is 32.1. The van der Waals surface area contributed by atoms with Gasteiger partial charge in [-0.3, -0.25) is 4.79 Å². The van der Waals surface area contributed by atoms with Gasteiger partial charge in [0, 0.05) is 11.4 Å². The van der Waals surface area contributed by atoms with Crippen LogP contribution in [0.4, 0.5) is 5.00 Å². The normalized spacial score (nSPS) is 13.8. The Kier molecular flexibility index (Phi) is 3.35. The number of anilines is 1. The SMILES string of the molecule is C=C(O)C(=O)Nc1sc2c(c1C(=O)O)CCNC2. The summed E-state index contributed by atoms with van der Waals surface area (Å²) in [6, 6.07) is 0. The zero-order chi connectivity index (χ0) is 13.3. The third-order valence-corrected chi connectivity index (χ3v) is 3.78. The largest absolute Gasteiger partial charge is 0.503 e. The van der Waals surface area contributed by atoms with Gasteiger partial charge in [-0.05, 0) is 18.5 Å². The number of carboxylic acids is 1. The third-order valence-electron chi connectivity index (χ3n) is 2.63. The summed E-state index contributed by atoms with van der Waals surface area (Å²) < 4.78 is 0. The van der Waals surface area contributed by atoms with E-state index in [1.807, 2.05) is 0 Å². The lowest BCUT2D eigenvalue weighted by molar-refractivity contribution is -0.115. The highest BCUT2D eigenvalue weighted by molar-refractivity contribution is 7.17. The van der Waals surface area contributed by atoms with E-state index in [2.05, 4.69) is 17.2 Å². The van der Waals surface area contributed by atoms with Crippen molar-refractivity contribution in [2.24, 2.45) is 0 Å². The van der Waals surface area contributed by atoms with Crippen LogP contribution in [-0.2, 0) is 17.8 Å². The van der Waals surface area contributed by atoms with Gasteiger partial charge >= 0.3 is 5.97 Å². The minimum atomic E-state index is -1.08. The minimum absolute atomic E-state index is 0.117. The number of aliphatic hydroxyl groups is 1. The van der Waals surface area contributed by atoms with Gasteiger partial charge in [0.25, 0.3) is 5.91 Å². The van der Waals surface area contributed by atoms with Crippen molar-refractivity contribution < 1.29 is 19.8 Å². The number of hydrogen-bond donors (Lipinski definition) is 4. The zero-order valence-electron chi connectivity index (χ0n) is 9.45. The summed E-state index contributed by atoms with van der Waals surface area (Å²) in [6.07, 6.45) is 0.614. The summed E-state index contributed by atoms with van der Waals surface area (Å²) in [5, 5.41) is 23.9. The third kappa shape index (κ3) is 2.22. The van der Waals surface area contributed by atoms with Gasteiger partial charge in [-0.2, -0.15) is 0 Å². The van der Waals surface area contributed by atoms with E-state index in [-0.39, 0.29) is 10.6 Å². The molecule has 1 amide bonds. The molecule has 18 heavy (non-hydrogen) atoms. The van der Waals surface area contributed by atoms with E-state index >= 15 is 0 Å². The molecule has 0 radical (unpaired) electrons. The van der Waals surface area contributed by atoms with Crippen LogP contribution < -0.4 is 10.6 Å². The number of rotatable bonds is 3. The summed E-state index contributed by atoms with van der Waals surface area (Å²) in [7, 11) is 0. The molecule has 0 unspecified atom stereocenters. The van der Waals surface area contributed by atoms with Gasteiger partial charge in [0.05, 0.1) is 5.56 Å². The minimum Gasteiger partial charge on any atom is -0.503 e. The predicted octanol–water partition coefficient (Wildman–Crippen LogP) is 1.10. The predicted molar refractivity (Wildman–Crippen MR) is 67.1 cm³/mol. The molecule has 1 aliphatic heterocycles. The fourth-order valence-electron chi connectivity index (χ4n) is 1.82. The number of carboxylic acid groups (broad SMARTS) is 1. The van der Waals surface area contributed by atoms with Crippen molar-refractivity contribution in [2.75, 3.05) is 11.9 Å². The molecule has 1 aromatic rings. The number of thiophene rings is 1. The Hall–Kier alpha value is -1.86. The molecule has 4 N–H and O–H groups in total. The molecular formula is C11H12N2O4S. The van der Waals surface area contributed by atoms with E-state index in [9.17, 15) is 14.7 Å². The Balaban J connectivity index is 2.40. The van der Waals surface area contributed by atoms with Gasteiger partial charge in [-0.15, -0.1) is 11.3 Å². The lowest BCUT2D eigenvalue weighted by Gasteiger charge is -2.12. The maximum Gasteiger partial charge on any atom is 0.339 e. The van der Waals surface area contributed by atoms with Crippen molar-refractivity contribution in [2.45, 2.75) is 13.0 Å². The highest BCUT2D eigenvalue weighted by Gasteiger charge is 2.26. The van der Waals surface area contributed by atoms with Crippen LogP contribution in [0.1, 0.15) is 20.8 Å². The van der Waals surface area contributed by atoms with Crippen LogP contribution in [0.25, 0.3) is 0 Å². The quantitative estimate of drug-likeness (QED) is 0.486. The van der Waals surface area contributed by atoms with Gasteiger partial charge in [0.2, 0.25) is 0 Å². The maximum absolute atomic E-state index is 11.3. The number of amides is 1. The van der Waals surface area contributed by atoms with Gasteiger partial charge in [-0.25, -0.2) is 4.79 Å². The van der Waals surface area contributed by atoms with E-state index in [1.54, 1.807) is 0 Å². The standard InChI is InChI=1S/C11H12N2O4S/c1-5(14)9(15)13-10-8(11(16)17)6-2-3-12-4-7(6)18-10/h12,14H,1-4H2,(H,13,15)(H,16,17). The van der Waals surface area contributed by atoms with Crippen molar-refractivity contribution in [1.29, 1.82) is 0 Å². The number of aromatic carboxylic acids is 1. The molecule has 0 fully saturated rings. The van der Waals surface area contributed by atoms with Crippen molar-refractivity contribution in [1.82, 2.24) is 5.32 Å². The number of carbonyl (C=O) groups is 2. The molecule has 2 rings (SSSR count). The smallest absolute Gasteiger partial charge is 0.339 e. The molecule has 0 spiro atoms. The van der Waals surface area contributed by atoms with Crippen LogP contribution in [0.2, 0.25) is 0 Å². The number of nitrogens with one attached hydrogen (secondary N) is 2. The van der Waals surface area contributed by atoms with Crippen LogP contribution in [0, 0.1) is 0 Å². The maximum atomic E-state index is 11.3. The summed E-state index contributed by atoms with van der Waals surface area (Å²) in [4.78, 5) is 23.5. The van der Waals surface area contributed by atoms with Gasteiger partial charge < -0.3 is 20.8 Å². The van der Waals surface area contributed by atoms with Gasteiger partial charge in [-0.1, -0.05) is 6.58 Å². The van der Waals surface area contributed by atoms with Crippen molar-refractivity contribution >= 4 is 28.2 Å².